The fraction of sp³-hybridized carbons (Fsp3) is 0.385. The van der Waals surface area contributed by atoms with Crippen molar-refractivity contribution in [2.75, 3.05) is 0 Å². The van der Waals surface area contributed by atoms with Crippen LogP contribution in [0.4, 0.5) is 0 Å². The van der Waals surface area contributed by atoms with Gasteiger partial charge in [-0.05, 0) is 56.8 Å². The molecule has 0 aliphatic carbocycles. The van der Waals surface area contributed by atoms with Crippen molar-refractivity contribution in [2.45, 2.75) is 33.4 Å². The van der Waals surface area contributed by atoms with E-state index in [1.807, 2.05) is 43.5 Å². The van der Waals surface area contributed by atoms with Crippen LogP contribution in [0.1, 0.15) is 31.3 Å². The zero-order chi connectivity index (χ0) is 14.0. The summed E-state index contributed by atoms with van der Waals surface area (Å²) >= 11 is 11.1. The smallest absolute Gasteiger partial charge is 0.195 e. The van der Waals surface area contributed by atoms with Gasteiger partial charge in [-0.3, -0.25) is 5.10 Å². The van der Waals surface area contributed by atoms with Crippen LogP contribution in [0, 0.1) is 11.7 Å². The quantitative estimate of drug-likeness (QED) is 0.865. The first kappa shape index (κ1) is 14.1. The minimum absolute atomic E-state index is 0.187. The number of benzene rings is 1. The SMILES string of the molecule is CCn1c(C(C)Oc2ccc(Cl)cc2C)n[nH]c1=S. The Morgan fingerprint density at radius 3 is 2.89 bits per heavy atom. The van der Waals surface area contributed by atoms with Crippen molar-refractivity contribution in [1.82, 2.24) is 14.8 Å². The Hall–Kier alpha value is -1.33. The fourth-order valence-corrected chi connectivity index (χ4v) is 2.43. The second-order valence-corrected chi connectivity index (χ2v) is 5.12. The molecule has 6 heteroatoms. The fourth-order valence-electron chi connectivity index (χ4n) is 1.93. The minimum Gasteiger partial charge on any atom is -0.482 e. The third-order valence-electron chi connectivity index (χ3n) is 2.91. The van der Waals surface area contributed by atoms with E-state index in [-0.39, 0.29) is 6.10 Å². The standard InChI is InChI=1S/C13H16ClN3OS/c1-4-17-12(15-16-13(17)19)9(3)18-11-6-5-10(14)7-8(11)2/h5-7,9H,4H2,1-3H3,(H,16,19). The highest BCUT2D eigenvalue weighted by atomic mass is 35.5. The molecule has 19 heavy (non-hydrogen) atoms. The highest BCUT2D eigenvalue weighted by Crippen LogP contribution is 2.26. The maximum atomic E-state index is 5.93. The molecule has 0 radical (unpaired) electrons. The normalized spacial score (nSPS) is 12.4. The molecular weight excluding hydrogens is 282 g/mol. The van der Waals surface area contributed by atoms with Gasteiger partial charge in [-0.15, -0.1) is 0 Å². The van der Waals surface area contributed by atoms with Crippen LogP contribution in [0.15, 0.2) is 18.2 Å². The van der Waals surface area contributed by atoms with Gasteiger partial charge in [0.05, 0.1) is 0 Å². The first-order chi connectivity index (χ1) is 9.02. The first-order valence-electron chi connectivity index (χ1n) is 6.10. The molecule has 1 aromatic heterocycles. The molecule has 1 heterocycles. The monoisotopic (exact) mass is 297 g/mol. The average molecular weight is 298 g/mol. The van der Waals surface area contributed by atoms with Gasteiger partial charge in [0.2, 0.25) is 0 Å². The molecule has 2 aromatic rings. The lowest BCUT2D eigenvalue weighted by Crippen LogP contribution is -2.11. The van der Waals surface area contributed by atoms with Crippen molar-refractivity contribution >= 4 is 23.8 Å². The lowest BCUT2D eigenvalue weighted by Gasteiger charge is -2.16. The average Bonchev–Trinajstić information content (AvgIpc) is 2.74. The molecule has 0 aliphatic rings. The van der Waals surface area contributed by atoms with Crippen LogP contribution in [-0.2, 0) is 6.54 Å². The molecule has 1 N–H and O–H groups in total. The van der Waals surface area contributed by atoms with Crippen molar-refractivity contribution in [1.29, 1.82) is 0 Å². The molecule has 4 nitrogen and oxygen atoms in total. The lowest BCUT2D eigenvalue weighted by atomic mass is 10.2. The third kappa shape index (κ3) is 2.98. The first-order valence-corrected chi connectivity index (χ1v) is 6.89. The van der Waals surface area contributed by atoms with Crippen LogP contribution in [0.5, 0.6) is 5.75 Å². The number of rotatable bonds is 4. The molecule has 0 fully saturated rings. The van der Waals surface area contributed by atoms with Gasteiger partial charge in [0.1, 0.15) is 5.75 Å². The van der Waals surface area contributed by atoms with E-state index in [1.54, 1.807) is 0 Å². The van der Waals surface area contributed by atoms with Crippen LogP contribution >= 0.6 is 23.8 Å². The summed E-state index contributed by atoms with van der Waals surface area (Å²) in [5.41, 5.74) is 0.997. The van der Waals surface area contributed by atoms with E-state index in [0.717, 1.165) is 23.7 Å². The Bertz CT molecular complexity index is 635. The molecule has 2 rings (SSSR count). The van der Waals surface area contributed by atoms with E-state index in [9.17, 15) is 0 Å². The van der Waals surface area contributed by atoms with E-state index >= 15 is 0 Å². The zero-order valence-electron chi connectivity index (χ0n) is 11.1. The number of hydrogen-bond acceptors (Lipinski definition) is 3. The summed E-state index contributed by atoms with van der Waals surface area (Å²) in [7, 11) is 0. The number of nitrogens with one attached hydrogen (secondary N) is 1. The van der Waals surface area contributed by atoms with E-state index in [4.69, 9.17) is 28.6 Å². The van der Waals surface area contributed by atoms with Crippen LogP contribution in [0.3, 0.4) is 0 Å². The van der Waals surface area contributed by atoms with Crippen molar-refractivity contribution in [3.8, 4) is 5.75 Å². The summed E-state index contributed by atoms with van der Waals surface area (Å²) < 4.78 is 8.47. The summed E-state index contributed by atoms with van der Waals surface area (Å²) in [6.45, 7) is 6.70. The zero-order valence-corrected chi connectivity index (χ0v) is 12.7. The molecule has 0 aliphatic heterocycles. The Kier molecular flexibility index (Phi) is 4.27. The molecule has 0 saturated carbocycles. The molecule has 0 spiro atoms. The van der Waals surface area contributed by atoms with E-state index in [0.29, 0.717) is 9.79 Å². The van der Waals surface area contributed by atoms with Gasteiger partial charge in [-0.1, -0.05) is 11.6 Å². The summed E-state index contributed by atoms with van der Waals surface area (Å²) in [4.78, 5) is 0. The lowest BCUT2D eigenvalue weighted by molar-refractivity contribution is 0.209. The van der Waals surface area contributed by atoms with Gasteiger partial charge >= 0.3 is 0 Å². The van der Waals surface area contributed by atoms with E-state index in [1.165, 1.54) is 0 Å². The van der Waals surface area contributed by atoms with E-state index in [2.05, 4.69) is 10.2 Å². The van der Waals surface area contributed by atoms with Crippen LogP contribution in [0.2, 0.25) is 5.02 Å². The number of nitrogens with zero attached hydrogens (tertiary/aromatic N) is 2. The molecule has 0 bridgehead atoms. The van der Waals surface area contributed by atoms with Crippen molar-refractivity contribution in [3.05, 3.63) is 39.4 Å². The number of aromatic nitrogens is 3. The molecule has 1 atom stereocenters. The van der Waals surface area contributed by atoms with Gasteiger partial charge in [0, 0.05) is 11.6 Å². The summed E-state index contributed by atoms with van der Waals surface area (Å²) in [6, 6.07) is 5.56. The molecular formula is C13H16ClN3OS. The third-order valence-corrected chi connectivity index (χ3v) is 3.46. The van der Waals surface area contributed by atoms with Gasteiger partial charge in [-0.25, -0.2) is 0 Å². The summed E-state index contributed by atoms with van der Waals surface area (Å²) in [5.74, 6) is 1.59. The van der Waals surface area contributed by atoms with Crippen molar-refractivity contribution in [3.63, 3.8) is 0 Å². The van der Waals surface area contributed by atoms with Crippen molar-refractivity contribution < 1.29 is 4.74 Å². The molecule has 1 unspecified atom stereocenters. The minimum atomic E-state index is -0.187. The van der Waals surface area contributed by atoms with Gasteiger partial charge in [0.15, 0.2) is 16.7 Å². The molecule has 102 valence electrons. The maximum Gasteiger partial charge on any atom is 0.195 e. The Morgan fingerprint density at radius 2 is 2.26 bits per heavy atom. The number of halogens is 1. The Labute approximate surface area is 122 Å². The number of H-pyrrole nitrogens is 1. The van der Waals surface area contributed by atoms with Gasteiger partial charge < -0.3 is 9.30 Å². The number of aromatic amines is 1. The van der Waals surface area contributed by atoms with Crippen LogP contribution in [-0.4, -0.2) is 14.8 Å². The number of aryl methyl sites for hydroxylation is 1. The van der Waals surface area contributed by atoms with E-state index < -0.39 is 0 Å². The number of hydrogen-bond donors (Lipinski definition) is 1. The predicted molar refractivity (Wildman–Crippen MR) is 78.3 cm³/mol. The number of ether oxygens (including phenoxy) is 1. The topological polar surface area (TPSA) is 42.8 Å². The summed E-state index contributed by atoms with van der Waals surface area (Å²) in [6.07, 6.45) is -0.187. The summed E-state index contributed by atoms with van der Waals surface area (Å²) in [5, 5.41) is 7.72. The second-order valence-electron chi connectivity index (χ2n) is 4.30. The highest BCUT2D eigenvalue weighted by Gasteiger charge is 2.15. The van der Waals surface area contributed by atoms with Crippen LogP contribution < -0.4 is 4.74 Å². The Balaban J connectivity index is 2.25. The van der Waals surface area contributed by atoms with Gasteiger partial charge in [-0.2, -0.15) is 5.10 Å². The molecule has 0 saturated heterocycles. The predicted octanol–water partition coefficient (Wildman–Crippen LogP) is 4.06. The molecule has 0 amide bonds. The van der Waals surface area contributed by atoms with Crippen LogP contribution in [0.25, 0.3) is 0 Å². The largest absolute Gasteiger partial charge is 0.482 e. The molecule has 1 aromatic carbocycles. The maximum absolute atomic E-state index is 5.93. The Morgan fingerprint density at radius 1 is 1.53 bits per heavy atom. The second kappa shape index (κ2) is 5.75. The van der Waals surface area contributed by atoms with Crippen molar-refractivity contribution in [2.24, 2.45) is 0 Å². The van der Waals surface area contributed by atoms with Gasteiger partial charge in [0.25, 0.3) is 0 Å². The highest BCUT2D eigenvalue weighted by molar-refractivity contribution is 7.71.